The van der Waals surface area contributed by atoms with Gasteiger partial charge in [-0.1, -0.05) is 29.3 Å². The van der Waals surface area contributed by atoms with E-state index in [0.717, 1.165) is 11.7 Å². The van der Waals surface area contributed by atoms with Crippen LogP contribution in [0.5, 0.6) is 0 Å². The minimum atomic E-state index is 0.550. The number of nitrogens with zero attached hydrogens (tertiary/aromatic N) is 3. The second-order valence-electron chi connectivity index (χ2n) is 4.46. The van der Waals surface area contributed by atoms with Crippen molar-refractivity contribution in [2.24, 2.45) is 13.0 Å². The van der Waals surface area contributed by atoms with Crippen molar-refractivity contribution in [2.45, 2.75) is 43.4 Å². The van der Waals surface area contributed by atoms with Crippen LogP contribution >= 0.6 is 15.9 Å². The molecule has 1 saturated carbocycles. The van der Waals surface area contributed by atoms with E-state index in [2.05, 4.69) is 32.9 Å². The van der Waals surface area contributed by atoms with Gasteiger partial charge in [-0.15, -0.1) is 0 Å². The predicted molar refractivity (Wildman–Crippen MR) is 64.1 cm³/mol. The van der Waals surface area contributed by atoms with E-state index in [9.17, 15) is 0 Å². The van der Waals surface area contributed by atoms with Crippen molar-refractivity contribution in [1.29, 1.82) is 0 Å². The van der Waals surface area contributed by atoms with E-state index in [4.69, 9.17) is 0 Å². The molecule has 1 heterocycles. The Labute approximate surface area is 99.4 Å². The van der Waals surface area contributed by atoms with Crippen molar-refractivity contribution in [2.75, 3.05) is 0 Å². The molecule has 1 aliphatic carbocycles. The first-order chi connectivity index (χ1) is 7.20. The smallest absolute Gasteiger partial charge is 0.153 e. The van der Waals surface area contributed by atoms with Gasteiger partial charge in [0.2, 0.25) is 0 Å². The minimum Gasteiger partial charge on any atom is -0.256 e. The van der Waals surface area contributed by atoms with E-state index in [0.29, 0.717) is 10.7 Å². The SMILES string of the molecule is CCC1CCC(Br)CC1c1ncn(C)n1. The van der Waals surface area contributed by atoms with Crippen molar-refractivity contribution in [3.05, 3.63) is 12.2 Å². The molecule has 4 heteroatoms. The fraction of sp³-hybridized carbons (Fsp3) is 0.818. The van der Waals surface area contributed by atoms with Gasteiger partial charge in [0.1, 0.15) is 6.33 Å². The van der Waals surface area contributed by atoms with Gasteiger partial charge >= 0.3 is 0 Å². The van der Waals surface area contributed by atoms with E-state index >= 15 is 0 Å². The highest BCUT2D eigenvalue weighted by Crippen LogP contribution is 2.40. The van der Waals surface area contributed by atoms with E-state index in [1.165, 1.54) is 25.7 Å². The standard InChI is InChI=1S/C11H18BrN3/c1-3-8-4-5-9(12)6-10(8)11-13-7-15(2)14-11/h7-10H,3-6H2,1-2H3. The lowest BCUT2D eigenvalue weighted by molar-refractivity contribution is 0.297. The second kappa shape index (κ2) is 4.64. The molecule has 0 spiro atoms. The topological polar surface area (TPSA) is 30.7 Å². The molecule has 0 saturated heterocycles. The summed E-state index contributed by atoms with van der Waals surface area (Å²) in [6.45, 7) is 2.27. The Kier molecular flexibility index (Phi) is 3.44. The Morgan fingerprint density at radius 1 is 1.53 bits per heavy atom. The third-order valence-corrected chi connectivity index (χ3v) is 4.23. The van der Waals surface area contributed by atoms with Crippen LogP contribution in [0.15, 0.2) is 6.33 Å². The highest BCUT2D eigenvalue weighted by Gasteiger charge is 2.31. The number of hydrogen-bond acceptors (Lipinski definition) is 2. The average Bonchev–Trinajstić information content (AvgIpc) is 2.65. The molecule has 15 heavy (non-hydrogen) atoms. The van der Waals surface area contributed by atoms with Gasteiger partial charge in [-0.05, 0) is 25.2 Å². The van der Waals surface area contributed by atoms with E-state index in [1.54, 1.807) is 11.0 Å². The highest BCUT2D eigenvalue weighted by atomic mass is 79.9. The zero-order valence-corrected chi connectivity index (χ0v) is 10.9. The lowest BCUT2D eigenvalue weighted by Gasteiger charge is -2.31. The summed E-state index contributed by atoms with van der Waals surface area (Å²) < 4.78 is 1.81. The van der Waals surface area contributed by atoms with Gasteiger partial charge in [0.25, 0.3) is 0 Å². The van der Waals surface area contributed by atoms with Crippen LogP contribution in [0.25, 0.3) is 0 Å². The molecule has 3 atom stereocenters. The monoisotopic (exact) mass is 271 g/mol. The van der Waals surface area contributed by atoms with E-state index in [-0.39, 0.29) is 0 Å². The van der Waals surface area contributed by atoms with Crippen LogP contribution in [-0.2, 0) is 7.05 Å². The maximum atomic E-state index is 4.45. The van der Waals surface area contributed by atoms with Crippen molar-refractivity contribution in [1.82, 2.24) is 14.8 Å². The summed E-state index contributed by atoms with van der Waals surface area (Å²) in [5.74, 6) is 2.35. The Morgan fingerprint density at radius 2 is 2.33 bits per heavy atom. The maximum absolute atomic E-state index is 4.45. The van der Waals surface area contributed by atoms with Crippen LogP contribution in [0.4, 0.5) is 0 Å². The molecule has 0 bridgehead atoms. The van der Waals surface area contributed by atoms with Crippen molar-refractivity contribution < 1.29 is 0 Å². The van der Waals surface area contributed by atoms with Crippen molar-refractivity contribution >= 4 is 15.9 Å². The third kappa shape index (κ3) is 2.41. The highest BCUT2D eigenvalue weighted by molar-refractivity contribution is 9.09. The summed E-state index contributed by atoms with van der Waals surface area (Å²) in [6.07, 6.45) is 6.82. The summed E-state index contributed by atoms with van der Waals surface area (Å²) in [5.41, 5.74) is 0. The zero-order chi connectivity index (χ0) is 10.8. The first-order valence-electron chi connectivity index (χ1n) is 5.70. The Bertz CT molecular complexity index is 323. The number of aromatic nitrogens is 3. The van der Waals surface area contributed by atoms with Crippen LogP contribution in [-0.4, -0.2) is 19.6 Å². The molecule has 1 fully saturated rings. The average molecular weight is 272 g/mol. The molecular weight excluding hydrogens is 254 g/mol. The molecule has 0 N–H and O–H groups in total. The van der Waals surface area contributed by atoms with Crippen LogP contribution in [0.1, 0.15) is 44.3 Å². The lowest BCUT2D eigenvalue weighted by Crippen LogP contribution is -2.24. The van der Waals surface area contributed by atoms with Crippen molar-refractivity contribution in [3.63, 3.8) is 0 Å². The fourth-order valence-electron chi connectivity index (χ4n) is 2.51. The van der Waals surface area contributed by atoms with Gasteiger partial charge < -0.3 is 0 Å². The molecule has 1 aliphatic rings. The summed E-state index contributed by atoms with van der Waals surface area (Å²) in [4.78, 5) is 5.05. The Balaban J connectivity index is 2.16. The Hall–Kier alpha value is -0.380. The molecule has 1 aromatic rings. The number of aryl methyl sites for hydroxylation is 1. The summed E-state index contributed by atoms with van der Waals surface area (Å²) in [5, 5.41) is 4.45. The third-order valence-electron chi connectivity index (χ3n) is 3.40. The lowest BCUT2D eigenvalue weighted by atomic mass is 9.77. The number of halogens is 1. The number of hydrogen-bond donors (Lipinski definition) is 0. The van der Waals surface area contributed by atoms with Gasteiger partial charge in [0.05, 0.1) is 0 Å². The van der Waals surface area contributed by atoms with Gasteiger partial charge in [-0.2, -0.15) is 5.10 Å². The van der Waals surface area contributed by atoms with Gasteiger partial charge in [-0.25, -0.2) is 4.98 Å². The first kappa shape index (κ1) is 11.1. The van der Waals surface area contributed by atoms with Gasteiger partial charge in [-0.3, -0.25) is 4.68 Å². The first-order valence-corrected chi connectivity index (χ1v) is 6.62. The molecule has 0 radical (unpaired) electrons. The molecule has 0 aliphatic heterocycles. The maximum Gasteiger partial charge on any atom is 0.153 e. The van der Waals surface area contributed by atoms with E-state index in [1.807, 2.05) is 7.05 Å². The fourth-order valence-corrected chi connectivity index (χ4v) is 3.18. The molecule has 1 aromatic heterocycles. The zero-order valence-electron chi connectivity index (χ0n) is 9.36. The van der Waals surface area contributed by atoms with Crippen LogP contribution in [0.3, 0.4) is 0 Å². The van der Waals surface area contributed by atoms with Crippen LogP contribution < -0.4 is 0 Å². The predicted octanol–water partition coefficient (Wildman–Crippen LogP) is 2.87. The van der Waals surface area contributed by atoms with Crippen molar-refractivity contribution in [3.8, 4) is 0 Å². The van der Waals surface area contributed by atoms with Crippen LogP contribution in [0.2, 0.25) is 0 Å². The molecule has 3 unspecified atom stereocenters. The molecule has 3 nitrogen and oxygen atoms in total. The summed E-state index contributed by atoms with van der Waals surface area (Å²) >= 11 is 3.73. The van der Waals surface area contributed by atoms with E-state index < -0.39 is 0 Å². The minimum absolute atomic E-state index is 0.550. The van der Waals surface area contributed by atoms with Gasteiger partial charge in [0.15, 0.2) is 5.82 Å². The molecule has 0 aromatic carbocycles. The quantitative estimate of drug-likeness (QED) is 0.775. The summed E-state index contributed by atoms with van der Waals surface area (Å²) in [7, 11) is 1.94. The summed E-state index contributed by atoms with van der Waals surface area (Å²) in [6, 6.07) is 0. The molecule has 84 valence electrons. The number of rotatable bonds is 2. The molecule has 0 amide bonds. The Morgan fingerprint density at radius 3 is 2.93 bits per heavy atom. The number of alkyl halides is 1. The normalized spacial score (nSPS) is 31.8. The molecular formula is C11H18BrN3. The second-order valence-corrected chi connectivity index (χ2v) is 5.76. The largest absolute Gasteiger partial charge is 0.256 e. The van der Waals surface area contributed by atoms with Gasteiger partial charge in [0, 0.05) is 17.8 Å². The van der Waals surface area contributed by atoms with Crippen LogP contribution in [0, 0.1) is 5.92 Å². The molecule has 2 rings (SSSR count).